The average Bonchev–Trinajstić information content (AvgIpc) is 2.96. The van der Waals surface area contributed by atoms with Gasteiger partial charge in [-0.2, -0.15) is 0 Å². The Hall–Kier alpha value is -2.51. The van der Waals surface area contributed by atoms with E-state index >= 15 is 0 Å². The Balaban J connectivity index is 1.81. The van der Waals surface area contributed by atoms with Crippen LogP contribution in [0, 0.1) is 0 Å². The molecule has 6 nitrogen and oxygen atoms in total. The van der Waals surface area contributed by atoms with Crippen LogP contribution in [-0.4, -0.2) is 19.2 Å². The summed E-state index contributed by atoms with van der Waals surface area (Å²) in [6.07, 6.45) is 0. The Kier molecular flexibility index (Phi) is 3.97. The van der Waals surface area contributed by atoms with Gasteiger partial charge in [0.05, 0.1) is 11.4 Å². The molecule has 0 atom stereocenters. The van der Waals surface area contributed by atoms with E-state index in [-0.39, 0.29) is 23.1 Å². The molecule has 1 aromatic heterocycles. The minimum Gasteiger partial charge on any atom is -0.439 e. The highest BCUT2D eigenvalue weighted by Crippen LogP contribution is 2.16. The lowest BCUT2D eigenvalue weighted by atomic mass is 10.2. The van der Waals surface area contributed by atoms with Crippen LogP contribution in [0.1, 0.15) is 23.2 Å². The van der Waals surface area contributed by atoms with Gasteiger partial charge in [0.2, 0.25) is 15.9 Å². The van der Waals surface area contributed by atoms with Gasteiger partial charge in [0.25, 0.3) is 0 Å². The third kappa shape index (κ3) is 3.30. The molecule has 3 aromatic rings. The van der Waals surface area contributed by atoms with E-state index in [1.807, 2.05) is 12.1 Å². The molecule has 0 fully saturated rings. The molecule has 0 aliphatic rings. The first-order chi connectivity index (χ1) is 11.0. The first-order valence-electron chi connectivity index (χ1n) is 6.91. The number of aromatic nitrogens is 1. The summed E-state index contributed by atoms with van der Waals surface area (Å²) in [6.45, 7) is 1.32. The minimum absolute atomic E-state index is 0.0290. The largest absolute Gasteiger partial charge is 0.439 e. The monoisotopic (exact) mass is 330 g/mol. The number of carbonyl (C=O) groups is 1. The van der Waals surface area contributed by atoms with Crippen molar-refractivity contribution in [1.29, 1.82) is 0 Å². The molecule has 3 rings (SSSR count). The van der Waals surface area contributed by atoms with Gasteiger partial charge in [-0.05, 0) is 31.2 Å². The summed E-state index contributed by atoms with van der Waals surface area (Å²) in [6, 6.07) is 13.1. The van der Waals surface area contributed by atoms with E-state index in [1.54, 1.807) is 18.2 Å². The molecule has 118 valence electrons. The second kappa shape index (κ2) is 5.94. The van der Waals surface area contributed by atoms with Gasteiger partial charge in [0, 0.05) is 5.56 Å². The van der Waals surface area contributed by atoms with E-state index in [2.05, 4.69) is 9.71 Å². The number of hydrogen-bond acceptors (Lipinski definition) is 5. The van der Waals surface area contributed by atoms with Crippen LogP contribution in [0.4, 0.5) is 0 Å². The highest BCUT2D eigenvalue weighted by Gasteiger charge is 2.16. The second-order valence-corrected chi connectivity index (χ2v) is 6.75. The van der Waals surface area contributed by atoms with E-state index in [1.165, 1.54) is 25.1 Å². The van der Waals surface area contributed by atoms with Gasteiger partial charge in [0.15, 0.2) is 11.4 Å². The third-order valence-corrected chi connectivity index (χ3v) is 4.70. The number of para-hydroxylation sites is 2. The summed E-state index contributed by atoms with van der Waals surface area (Å²) in [5.41, 5.74) is 1.61. The zero-order valence-electron chi connectivity index (χ0n) is 12.3. The number of nitrogens with one attached hydrogen (secondary N) is 1. The molecule has 0 radical (unpaired) electrons. The molecule has 0 aliphatic carbocycles. The zero-order chi connectivity index (χ0) is 16.4. The molecular formula is C16H14N2O4S. The van der Waals surface area contributed by atoms with Crippen LogP contribution in [0.5, 0.6) is 0 Å². The van der Waals surface area contributed by atoms with E-state index in [0.29, 0.717) is 16.7 Å². The smallest absolute Gasteiger partial charge is 0.241 e. The van der Waals surface area contributed by atoms with Gasteiger partial charge in [-0.3, -0.25) is 4.79 Å². The van der Waals surface area contributed by atoms with Crippen molar-refractivity contribution in [2.24, 2.45) is 0 Å². The SMILES string of the molecule is CC(=O)c1cccc(S(=O)(=O)NCc2nc3ccccc3o2)c1. The maximum absolute atomic E-state index is 12.3. The Labute approximate surface area is 133 Å². The highest BCUT2D eigenvalue weighted by atomic mass is 32.2. The highest BCUT2D eigenvalue weighted by molar-refractivity contribution is 7.89. The van der Waals surface area contributed by atoms with Crippen molar-refractivity contribution >= 4 is 26.9 Å². The molecule has 0 saturated heterocycles. The number of fused-ring (bicyclic) bond motifs is 1. The maximum atomic E-state index is 12.3. The van der Waals surface area contributed by atoms with Crippen LogP contribution in [0.15, 0.2) is 57.8 Å². The fourth-order valence-corrected chi connectivity index (χ4v) is 3.14. The average molecular weight is 330 g/mol. The van der Waals surface area contributed by atoms with Crippen LogP contribution >= 0.6 is 0 Å². The zero-order valence-corrected chi connectivity index (χ0v) is 13.1. The molecule has 7 heteroatoms. The molecule has 0 spiro atoms. The number of hydrogen-bond donors (Lipinski definition) is 1. The van der Waals surface area contributed by atoms with E-state index < -0.39 is 10.0 Å². The minimum atomic E-state index is -3.75. The fraction of sp³-hybridized carbons (Fsp3) is 0.125. The third-order valence-electron chi connectivity index (χ3n) is 3.30. The van der Waals surface area contributed by atoms with Crippen molar-refractivity contribution in [3.8, 4) is 0 Å². The molecule has 0 unspecified atom stereocenters. The van der Waals surface area contributed by atoms with Crippen molar-refractivity contribution in [1.82, 2.24) is 9.71 Å². The van der Waals surface area contributed by atoms with Gasteiger partial charge >= 0.3 is 0 Å². The number of ketones is 1. The number of nitrogens with zero attached hydrogens (tertiary/aromatic N) is 1. The van der Waals surface area contributed by atoms with Gasteiger partial charge in [-0.15, -0.1) is 0 Å². The number of Topliss-reactive ketones (excluding diaryl/α,β-unsaturated/α-hetero) is 1. The van der Waals surface area contributed by atoms with Gasteiger partial charge in [-0.25, -0.2) is 18.1 Å². The molecule has 0 amide bonds. The first-order valence-corrected chi connectivity index (χ1v) is 8.39. The summed E-state index contributed by atoms with van der Waals surface area (Å²) in [4.78, 5) is 15.6. The Bertz CT molecular complexity index is 943. The predicted molar refractivity (Wildman–Crippen MR) is 84.5 cm³/mol. The van der Waals surface area contributed by atoms with E-state index in [9.17, 15) is 13.2 Å². The number of benzene rings is 2. The van der Waals surface area contributed by atoms with Crippen LogP contribution in [-0.2, 0) is 16.6 Å². The number of carbonyl (C=O) groups excluding carboxylic acids is 1. The molecule has 2 aromatic carbocycles. The van der Waals surface area contributed by atoms with Crippen molar-refractivity contribution in [2.75, 3.05) is 0 Å². The quantitative estimate of drug-likeness (QED) is 0.726. The molecule has 1 N–H and O–H groups in total. The maximum Gasteiger partial charge on any atom is 0.241 e. The lowest BCUT2D eigenvalue weighted by Crippen LogP contribution is -2.23. The summed E-state index contributed by atoms with van der Waals surface area (Å²) in [5, 5.41) is 0. The Morgan fingerprint density at radius 3 is 2.70 bits per heavy atom. The van der Waals surface area contributed by atoms with Gasteiger partial charge in [0.1, 0.15) is 5.52 Å². The Morgan fingerprint density at radius 1 is 1.17 bits per heavy atom. The van der Waals surface area contributed by atoms with Gasteiger partial charge < -0.3 is 4.42 Å². The molecular weight excluding hydrogens is 316 g/mol. The van der Waals surface area contributed by atoms with Crippen molar-refractivity contribution in [2.45, 2.75) is 18.4 Å². The van der Waals surface area contributed by atoms with Crippen molar-refractivity contribution < 1.29 is 17.6 Å². The summed E-state index contributed by atoms with van der Waals surface area (Å²) < 4.78 is 32.5. The normalized spacial score (nSPS) is 11.7. The number of sulfonamides is 1. The van der Waals surface area contributed by atoms with Crippen LogP contribution in [0.25, 0.3) is 11.1 Å². The van der Waals surface area contributed by atoms with Gasteiger partial charge in [-0.1, -0.05) is 24.3 Å². The lowest BCUT2D eigenvalue weighted by Gasteiger charge is -2.06. The summed E-state index contributed by atoms with van der Waals surface area (Å²) in [7, 11) is -3.75. The van der Waals surface area contributed by atoms with E-state index in [0.717, 1.165) is 0 Å². The lowest BCUT2D eigenvalue weighted by molar-refractivity contribution is 0.101. The van der Waals surface area contributed by atoms with E-state index in [4.69, 9.17) is 4.42 Å². The topological polar surface area (TPSA) is 89.3 Å². The molecule has 1 heterocycles. The first kappa shape index (κ1) is 15.4. The summed E-state index contributed by atoms with van der Waals surface area (Å²) in [5.74, 6) is 0.0819. The predicted octanol–water partition coefficient (Wildman–Crippen LogP) is 2.51. The molecule has 0 bridgehead atoms. The van der Waals surface area contributed by atoms with Crippen molar-refractivity contribution in [3.63, 3.8) is 0 Å². The fourth-order valence-electron chi connectivity index (χ4n) is 2.12. The Morgan fingerprint density at radius 2 is 1.96 bits per heavy atom. The molecule has 0 aliphatic heterocycles. The molecule has 0 saturated carbocycles. The standard InChI is InChI=1S/C16H14N2O4S/c1-11(19)12-5-4-6-13(9-12)23(20,21)17-10-16-18-14-7-2-3-8-15(14)22-16/h2-9,17H,10H2,1H3. The van der Waals surface area contributed by atoms with Crippen LogP contribution in [0.2, 0.25) is 0 Å². The van der Waals surface area contributed by atoms with Crippen molar-refractivity contribution in [3.05, 3.63) is 60.0 Å². The van der Waals surface area contributed by atoms with Crippen LogP contribution in [0.3, 0.4) is 0 Å². The molecule has 23 heavy (non-hydrogen) atoms. The number of rotatable bonds is 5. The van der Waals surface area contributed by atoms with Crippen LogP contribution < -0.4 is 4.72 Å². The second-order valence-electron chi connectivity index (χ2n) is 4.98. The summed E-state index contributed by atoms with van der Waals surface area (Å²) >= 11 is 0. The number of oxazole rings is 1.